The van der Waals surface area contributed by atoms with Gasteiger partial charge in [0.05, 0.1) is 91.1 Å². The van der Waals surface area contributed by atoms with Crippen LogP contribution in [0, 0.1) is 17.9 Å². The van der Waals surface area contributed by atoms with E-state index in [4.69, 9.17) is 26.5 Å². The first-order chi connectivity index (χ1) is 46.1. The molecule has 0 amide bonds. The van der Waals surface area contributed by atoms with Crippen molar-refractivity contribution in [3.05, 3.63) is 320 Å². The van der Waals surface area contributed by atoms with E-state index < -0.39 is 11.7 Å². The lowest BCUT2D eigenvalue weighted by atomic mass is 9.94. The zero-order valence-corrected chi connectivity index (χ0v) is 50.0. The van der Waals surface area contributed by atoms with Crippen molar-refractivity contribution in [2.45, 2.75) is 6.18 Å². The summed E-state index contributed by atoms with van der Waals surface area (Å²) < 4.78 is 51.3. The van der Waals surface area contributed by atoms with Gasteiger partial charge >= 0.3 is 6.18 Å². The number of nitriles is 1. The Hall–Kier alpha value is -12.8. The topological polar surface area (TPSA) is 89.6 Å². The molecule has 16 rings (SSSR count). The molecule has 0 aliphatic carbocycles. The van der Waals surface area contributed by atoms with Crippen molar-refractivity contribution in [2.75, 3.05) is 0 Å². The van der Waals surface area contributed by atoms with E-state index in [0.717, 1.165) is 118 Å². The summed E-state index contributed by atoms with van der Waals surface area (Å²) in [4.78, 5) is 24.4. The van der Waals surface area contributed by atoms with Crippen molar-refractivity contribution in [1.82, 2.24) is 29.1 Å². The largest absolute Gasteiger partial charge is 0.415 e. The minimum atomic E-state index is -4.88. The summed E-state index contributed by atoms with van der Waals surface area (Å²) in [6, 6.07) is 97.6. The first kappa shape index (κ1) is 56.4. The molecule has 6 aromatic heterocycles. The van der Waals surface area contributed by atoms with Gasteiger partial charge in [0, 0.05) is 66.1 Å². The van der Waals surface area contributed by atoms with E-state index in [2.05, 4.69) is 35.2 Å². The molecular formula is C83H49F3N8. The molecule has 442 valence electrons. The van der Waals surface area contributed by atoms with Crippen LogP contribution in [0.4, 0.5) is 18.9 Å². The van der Waals surface area contributed by atoms with E-state index in [-0.39, 0.29) is 22.4 Å². The van der Waals surface area contributed by atoms with E-state index >= 15 is 13.2 Å². The number of alkyl halides is 3. The molecule has 0 saturated heterocycles. The van der Waals surface area contributed by atoms with E-state index in [9.17, 15) is 5.26 Å². The molecule has 94 heavy (non-hydrogen) atoms. The third-order valence-corrected chi connectivity index (χ3v) is 17.4. The summed E-state index contributed by atoms with van der Waals surface area (Å²) in [7, 11) is 0. The van der Waals surface area contributed by atoms with Crippen LogP contribution in [-0.2, 0) is 6.18 Å². The van der Waals surface area contributed by atoms with Crippen molar-refractivity contribution in [1.29, 1.82) is 5.26 Å². The number of halogens is 3. The summed E-state index contributed by atoms with van der Waals surface area (Å²) in [6.45, 7) is 8.42. The Morgan fingerprint density at radius 2 is 0.606 bits per heavy atom. The van der Waals surface area contributed by atoms with Crippen molar-refractivity contribution < 1.29 is 13.2 Å². The summed E-state index contributed by atoms with van der Waals surface area (Å²) >= 11 is 0. The van der Waals surface area contributed by atoms with Crippen molar-refractivity contribution >= 4 is 49.3 Å². The number of aromatic nitrogens is 6. The molecule has 0 saturated carbocycles. The van der Waals surface area contributed by atoms with Crippen LogP contribution in [-0.4, -0.2) is 29.1 Å². The molecule has 0 spiro atoms. The normalized spacial score (nSPS) is 11.5. The minimum absolute atomic E-state index is 0.0853. The smallest absolute Gasteiger partial charge is 0.308 e. The highest BCUT2D eigenvalue weighted by Crippen LogP contribution is 2.48. The molecule has 0 fully saturated rings. The van der Waals surface area contributed by atoms with Crippen molar-refractivity contribution in [3.63, 3.8) is 0 Å². The number of pyridine rings is 4. The number of rotatable bonds is 11. The summed E-state index contributed by atoms with van der Waals surface area (Å²) in [6.07, 6.45) is -4.88. The van der Waals surface area contributed by atoms with Crippen LogP contribution in [0.2, 0.25) is 0 Å². The standard InChI is InChI=1S/C83H49F3N8/c1-88-75-36-14-27-66(83(84,85)86)82(75)60-49-80(93-76-41-37-56(71-32-15-28-67(89-71)52-19-6-2-7-20-52)45-61(76)62-46-57(38-42-77(62)93)72-33-16-29-68(90-72)53-21-8-3-9-22-53)65(51-87)81(50-60)94-78-43-39-58(73-34-17-30-69(91-73)54-23-10-4-11-24-54)47-63(78)64-48-59(40-44-79(64)94)74-35-18-31-70(92-74)55-25-12-5-13-26-55/h2-50H. The Labute approximate surface area is 538 Å². The number of nitrogens with zero attached hydrogens (tertiary/aromatic N) is 8. The molecule has 16 aromatic rings. The van der Waals surface area contributed by atoms with Gasteiger partial charge in [-0.1, -0.05) is 188 Å². The predicted octanol–water partition coefficient (Wildman–Crippen LogP) is 21.9. The first-order valence-electron chi connectivity index (χ1n) is 30.6. The Morgan fingerprint density at radius 1 is 0.319 bits per heavy atom. The summed E-state index contributed by atoms with van der Waals surface area (Å²) in [5.74, 6) is 0. The number of fused-ring (bicyclic) bond motifs is 6. The summed E-state index contributed by atoms with van der Waals surface area (Å²) in [5, 5.41) is 15.3. The van der Waals surface area contributed by atoms with Crippen molar-refractivity contribution in [2.24, 2.45) is 0 Å². The lowest BCUT2D eigenvalue weighted by Gasteiger charge is -2.21. The van der Waals surface area contributed by atoms with Crippen molar-refractivity contribution in [3.8, 4) is 119 Å². The van der Waals surface area contributed by atoms with E-state index in [1.165, 1.54) is 12.1 Å². The lowest BCUT2D eigenvalue weighted by Crippen LogP contribution is -2.09. The van der Waals surface area contributed by atoms with Gasteiger partial charge < -0.3 is 9.13 Å². The van der Waals surface area contributed by atoms with Crippen LogP contribution in [0.5, 0.6) is 0 Å². The highest BCUT2D eigenvalue weighted by molar-refractivity contribution is 6.14. The zero-order valence-electron chi connectivity index (χ0n) is 50.0. The van der Waals surface area contributed by atoms with Gasteiger partial charge in [-0.2, -0.15) is 18.4 Å². The third kappa shape index (κ3) is 10.1. The van der Waals surface area contributed by atoms with Gasteiger partial charge in [-0.25, -0.2) is 24.8 Å². The van der Waals surface area contributed by atoms with Crippen LogP contribution in [0.3, 0.4) is 0 Å². The van der Waals surface area contributed by atoms with Gasteiger partial charge in [0.25, 0.3) is 0 Å². The molecule has 11 heteroatoms. The molecular weight excluding hydrogens is 1170 g/mol. The lowest BCUT2D eigenvalue weighted by molar-refractivity contribution is -0.137. The molecule has 0 aliphatic heterocycles. The van der Waals surface area contributed by atoms with Crippen LogP contribution >= 0.6 is 0 Å². The SMILES string of the molecule is [C-]#[N+]c1cccc(C(F)(F)F)c1-c1cc(-n2c3ccc(-c4cccc(-c5ccccc5)n4)cc3c3cc(-c4cccc(-c5ccccc5)n4)ccc32)c(C#N)c(-n2c3ccc(-c4cccc(-c5ccccc5)n4)cc3c3cc(-c4cccc(-c5ccccc5)n4)ccc32)c1. The Bertz CT molecular complexity index is 5160. The highest BCUT2D eigenvalue weighted by atomic mass is 19.4. The monoisotopic (exact) mass is 1210 g/mol. The highest BCUT2D eigenvalue weighted by Gasteiger charge is 2.36. The fourth-order valence-electron chi connectivity index (χ4n) is 13.1. The molecule has 0 radical (unpaired) electrons. The average Bonchev–Trinajstić information content (AvgIpc) is 1.55. The fraction of sp³-hybridized carbons (Fsp3) is 0.0120. The Balaban J connectivity index is 0.980. The number of hydrogen-bond donors (Lipinski definition) is 0. The third-order valence-electron chi connectivity index (χ3n) is 17.4. The van der Waals surface area contributed by atoms with E-state index in [1.54, 1.807) is 12.1 Å². The van der Waals surface area contributed by atoms with Gasteiger partial charge in [0.1, 0.15) is 11.6 Å². The summed E-state index contributed by atoms with van der Waals surface area (Å²) in [5.41, 5.74) is 15.3. The maximum atomic E-state index is 15.8. The van der Waals surface area contributed by atoms with Gasteiger partial charge in [-0.15, -0.1) is 0 Å². The Kier molecular flexibility index (Phi) is 13.9. The Morgan fingerprint density at radius 3 is 0.883 bits per heavy atom. The van der Waals surface area contributed by atoms with Crippen LogP contribution in [0.15, 0.2) is 297 Å². The maximum absolute atomic E-state index is 15.8. The van der Waals surface area contributed by atoms with Gasteiger partial charge in [-0.3, -0.25) is 0 Å². The van der Waals surface area contributed by atoms with Gasteiger partial charge in [-0.05, 0) is 120 Å². The van der Waals surface area contributed by atoms with Crippen LogP contribution < -0.4 is 0 Å². The number of hydrogen-bond acceptors (Lipinski definition) is 5. The molecule has 8 nitrogen and oxygen atoms in total. The fourth-order valence-corrected chi connectivity index (χ4v) is 13.1. The number of benzene rings is 10. The second-order valence-corrected chi connectivity index (χ2v) is 23.0. The first-order valence-corrected chi connectivity index (χ1v) is 30.6. The predicted molar refractivity (Wildman–Crippen MR) is 371 cm³/mol. The van der Waals surface area contributed by atoms with E-state index in [0.29, 0.717) is 33.4 Å². The quantitative estimate of drug-likeness (QED) is 0.120. The van der Waals surface area contributed by atoms with Crippen LogP contribution in [0.1, 0.15) is 11.1 Å². The van der Waals surface area contributed by atoms with Gasteiger partial charge in [0.15, 0.2) is 5.69 Å². The maximum Gasteiger partial charge on any atom is 0.415 e. The molecule has 0 bridgehead atoms. The molecule has 10 aromatic carbocycles. The van der Waals surface area contributed by atoms with E-state index in [1.807, 2.05) is 252 Å². The van der Waals surface area contributed by atoms with Crippen LogP contribution in [0.25, 0.3) is 161 Å². The minimum Gasteiger partial charge on any atom is -0.308 e. The molecule has 0 aliphatic rings. The molecule has 0 unspecified atom stereocenters. The molecule has 0 N–H and O–H groups in total. The molecule has 0 atom stereocenters. The second-order valence-electron chi connectivity index (χ2n) is 23.0. The second kappa shape index (κ2) is 23.2. The molecule has 6 heterocycles. The zero-order chi connectivity index (χ0) is 63.4. The van der Waals surface area contributed by atoms with Gasteiger partial charge in [0.2, 0.25) is 0 Å². The average molecular weight is 1220 g/mol.